The predicted octanol–water partition coefficient (Wildman–Crippen LogP) is 1.98. The molecule has 6 heteroatoms. The van der Waals surface area contributed by atoms with Crippen LogP contribution in [0, 0.1) is 11.7 Å². The van der Waals surface area contributed by atoms with E-state index in [0.29, 0.717) is 0 Å². The smallest absolute Gasteiger partial charge is 0.255 e. The van der Waals surface area contributed by atoms with Gasteiger partial charge in [0.1, 0.15) is 5.82 Å². The van der Waals surface area contributed by atoms with Crippen molar-refractivity contribution in [3.8, 4) is 0 Å². The Hall–Kier alpha value is -1.62. The summed E-state index contributed by atoms with van der Waals surface area (Å²) in [5, 5.41) is 5.19. The summed E-state index contributed by atoms with van der Waals surface area (Å²) < 4.78 is 13.4. The van der Waals surface area contributed by atoms with Crippen LogP contribution in [0.1, 0.15) is 24.2 Å². The molecule has 0 aliphatic heterocycles. The second-order valence-corrected chi connectivity index (χ2v) is 4.71. The minimum absolute atomic E-state index is 0.0590. The summed E-state index contributed by atoms with van der Waals surface area (Å²) in [6.45, 7) is 4.04. The molecule has 4 nitrogen and oxygen atoms in total. The highest BCUT2D eigenvalue weighted by Crippen LogP contribution is 2.18. The number of nitrogens with one attached hydrogen (secondary N) is 2. The van der Waals surface area contributed by atoms with Gasteiger partial charge in [-0.05, 0) is 12.1 Å². The number of halogens is 2. The third-order valence-corrected chi connectivity index (χ3v) is 2.74. The third kappa shape index (κ3) is 4.52. The van der Waals surface area contributed by atoms with Crippen molar-refractivity contribution in [1.29, 1.82) is 0 Å². The molecule has 2 amide bonds. The highest BCUT2D eigenvalue weighted by molar-refractivity contribution is 6.33. The van der Waals surface area contributed by atoms with Crippen LogP contribution in [0.5, 0.6) is 0 Å². The molecule has 104 valence electrons. The first kappa shape index (κ1) is 15.4. The Kier molecular flexibility index (Phi) is 5.76. The quantitative estimate of drug-likeness (QED) is 0.813. The van der Waals surface area contributed by atoms with Gasteiger partial charge in [-0.25, -0.2) is 4.39 Å². The molecule has 0 unspecified atom stereocenters. The normalized spacial score (nSPS) is 10.4. The van der Waals surface area contributed by atoms with Gasteiger partial charge in [-0.1, -0.05) is 31.5 Å². The van der Waals surface area contributed by atoms with Crippen LogP contribution < -0.4 is 10.6 Å². The van der Waals surface area contributed by atoms with Crippen LogP contribution in [-0.4, -0.2) is 24.9 Å². The molecule has 0 saturated heterocycles. The van der Waals surface area contributed by atoms with E-state index >= 15 is 0 Å². The van der Waals surface area contributed by atoms with Gasteiger partial charge in [0.05, 0.1) is 10.6 Å². The summed E-state index contributed by atoms with van der Waals surface area (Å²) in [6, 6.07) is 4.04. The summed E-state index contributed by atoms with van der Waals surface area (Å²) in [7, 11) is 0. The summed E-state index contributed by atoms with van der Waals surface area (Å²) in [4.78, 5) is 23.0. The van der Waals surface area contributed by atoms with Gasteiger partial charge >= 0.3 is 0 Å². The number of rotatable bonds is 5. The zero-order valence-electron chi connectivity index (χ0n) is 10.8. The molecular weight excluding hydrogens is 271 g/mol. The van der Waals surface area contributed by atoms with E-state index in [-0.39, 0.29) is 35.5 Å². The lowest BCUT2D eigenvalue weighted by Crippen LogP contribution is -2.36. The fraction of sp³-hybridized carbons (Fsp3) is 0.385. The lowest BCUT2D eigenvalue weighted by atomic mass is 10.2. The van der Waals surface area contributed by atoms with E-state index in [4.69, 9.17) is 11.6 Å². The molecule has 0 aliphatic carbocycles. The molecule has 2 N–H and O–H groups in total. The topological polar surface area (TPSA) is 58.2 Å². The summed E-state index contributed by atoms with van der Waals surface area (Å²) in [6.07, 6.45) is 0. The van der Waals surface area contributed by atoms with Gasteiger partial charge < -0.3 is 10.6 Å². The van der Waals surface area contributed by atoms with Crippen LogP contribution in [0.4, 0.5) is 4.39 Å². The molecule has 0 radical (unpaired) electrons. The highest BCUT2D eigenvalue weighted by atomic mass is 35.5. The Morgan fingerprint density at radius 3 is 2.47 bits per heavy atom. The zero-order valence-corrected chi connectivity index (χ0v) is 11.6. The fourth-order valence-corrected chi connectivity index (χ4v) is 1.62. The molecule has 0 saturated carbocycles. The molecule has 1 aromatic rings. The first-order valence-corrected chi connectivity index (χ1v) is 6.31. The van der Waals surface area contributed by atoms with Gasteiger partial charge in [0.15, 0.2) is 0 Å². The number of hydrogen-bond donors (Lipinski definition) is 2. The van der Waals surface area contributed by atoms with E-state index in [2.05, 4.69) is 10.6 Å². The SMILES string of the molecule is CC(C)C(=O)NCCNC(=O)c1c(F)cccc1Cl. The zero-order chi connectivity index (χ0) is 14.4. The monoisotopic (exact) mass is 286 g/mol. The van der Waals surface area contributed by atoms with Crippen molar-refractivity contribution in [3.63, 3.8) is 0 Å². The van der Waals surface area contributed by atoms with Gasteiger partial charge in [0, 0.05) is 19.0 Å². The van der Waals surface area contributed by atoms with E-state index in [1.165, 1.54) is 18.2 Å². The largest absolute Gasteiger partial charge is 0.354 e. The summed E-state index contributed by atoms with van der Waals surface area (Å²) in [5.41, 5.74) is -0.181. The van der Waals surface area contributed by atoms with Crippen LogP contribution in [0.2, 0.25) is 5.02 Å². The molecule has 0 fully saturated rings. The van der Waals surface area contributed by atoms with Crippen molar-refractivity contribution in [2.75, 3.05) is 13.1 Å². The summed E-state index contributed by atoms with van der Waals surface area (Å²) in [5.74, 6) is -1.48. The first-order chi connectivity index (χ1) is 8.93. The number of amides is 2. The van der Waals surface area contributed by atoms with Crippen molar-refractivity contribution in [2.24, 2.45) is 5.92 Å². The van der Waals surface area contributed by atoms with E-state index in [1.807, 2.05) is 0 Å². The Bertz CT molecular complexity index is 457. The van der Waals surface area contributed by atoms with E-state index in [9.17, 15) is 14.0 Å². The molecule has 0 aliphatic rings. The second kappa shape index (κ2) is 7.09. The Morgan fingerprint density at radius 1 is 1.26 bits per heavy atom. The average Bonchev–Trinajstić information content (AvgIpc) is 2.34. The minimum atomic E-state index is -0.670. The van der Waals surface area contributed by atoms with Crippen molar-refractivity contribution >= 4 is 23.4 Å². The molecule has 0 heterocycles. The maximum absolute atomic E-state index is 13.4. The standard InChI is InChI=1S/C13H16ClFN2O2/c1-8(2)12(18)16-6-7-17-13(19)11-9(14)4-3-5-10(11)15/h3-5,8H,6-7H2,1-2H3,(H,16,18)(H,17,19). The number of benzene rings is 1. The number of carbonyl (C=O) groups is 2. The lowest BCUT2D eigenvalue weighted by molar-refractivity contribution is -0.123. The average molecular weight is 287 g/mol. The lowest BCUT2D eigenvalue weighted by Gasteiger charge is -2.09. The number of carbonyl (C=O) groups excluding carboxylic acids is 2. The Morgan fingerprint density at radius 2 is 1.89 bits per heavy atom. The highest BCUT2D eigenvalue weighted by Gasteiger charge is 2.15. The van der Waals surface area contributed by atoms with Crippen LogP contribution in [0.15, 0.2) is 18.2 Å². The van der Waals surface area contributed by atoms with E-state index < -0.39 is 11.7 Å². The van der Waals surface area contributed by atoms with Gasteiger partial charge in [0.2, 0.25) is 5.91 Å². The van der Waals surface area contributed by atoms with Crippen molar-refractivity contribution < 1.29 is 14.0 Å². The van der Waals surface area contributed by atoms with Crippen LogP contribution >= 0.6 is 11.6 Å². The summed E-state index contributed by atoms with van der Waals surface area (Å²) >= 11 is 5.76. The van der Waals surface area contributed by atoms with Gasteiger partial charge in [-0.3, -0.25) is 9.59 Å². The third-order valence-electron chi connectivity index (χ3n) is 2.42. The minimum Gasteiger partial charge on any atom is -0.354 e. The first-order valence-electron chi connectivity index (χ1n) is 5.93. The van der Waals surface area contributed by atoms with Crippen LogP contribution in [0.3, 0.4) is 0 Å². The van der Waals surface area contributed by atoms with Gasteiger partial charge in [-0.2, -0.15) is 0 Å². The Balaban J connectivity index is 2.46. The molecule has 1 rings (SSSR count). The van der Waals surface area contributed by atoms with Crippen molar-refractivity contribution in [1.82, 2.24) is 10.6 Å². The van der Waals surface area contributed by atoms with E-state index in [0.717, 1.165) is 0 Å². The predicted molar refractivity (Wildman–Crippen MR) is 71.6 cm³/mol. The maximum atomic E-state index is 13.4. The molecule has 0 aromatic heterocycles. The molecular formula is C13H16ClFN2O2. The molecule has 0 atom stereocenters. The van der Waals surface area contributed by atoms with Gasteiger partial charge in [-0.15, -0.1) is 0 Å². The van der Waals surface area contributed by atoms with Gasteiger partial charge in [0.25, 0.3) is 5.91 Å². The molecule has 19 heavy (non-hydrogen) atoms. The van der Waals surface area contributed by atoms with E-state index in [1.54, 1.807) is 13.8 Å². The Labute approximate surface area is 116 Å². The number of hydrogen-bond acceptors (Lipinski definition) is 2. The molecule has 1 aromatic carbocycles. The molecule has 0 spiro atoms. The van der Waals surface area contributed by atoms with Crippen molar-refractivity contribution in [2.45, 2.75) is 13.8 Å². The fourth-order valence-electron chi connectivity index (χ4n) is 1.37. The van der Waals surface area contributed by atoms with Crippen molar-refractivity contribution in [3.05, 3.63) is 34.6 Å². The maximum Gasteiger partial charge on any atom is 0.255 e. The molecule has 0 bridgehead atoms. The van der Waals surface area contributed by atoms with Crippen LogP contribution in [-0.2, 0) is 4.79 Å². The second-order valence-electron chi connectivity index (χ2n) is 4.30. The van der Waals surface area contributed by atoms with Crippen LogP contribution in [0.25, 0.3) is 0 Å².